The van der Waals surface area contributed by atoms with Gasteiger partial charge in [-0.05, 0) is 61.6 Å². The third-order valence-electron chi connectivity index (χ3n) is 4.78. The summed E-state index contributed by atoms with van der Waals surface area (Å²) in [5, 5.41) is 0. The molecule has 0 aliphatic carbocycles. The van der Waals surface area contributed by atoms with E-state index in [-0.39, 0.29) is 5.54 Å². The average molecular weight is 292 g/mol. The van der Waals surface area contributed by atoms with Gasteiger partial charge >= 0.3 is 0 Å². The summed E-state index contributed by atoms with van der Waals surface area (Å²) in [7, 11) is 2.20. The molecule has 0 radical (unpaired) electrons. The van der Waals surface area contributed by atoms with Gasteiger partial charge in [0.05, 0.1) is 5.69 Å². The Morgan fingerprint density at radius 3 is 2.59 bits per heavy atom. The lowest BCUT2D eigenvalue weighted by atomic mass is 9.80. The maximum absolute atomic E-state index is 4.56. The Bertz CT molecular complexity index is 686. The maximum Gasteiger partial charge on any atom is 0.0629 e. The number of hydrogen-bond donors (Lipinski definition) is 0. The molecule has 2 aromatic rings. The Balaban J connectivity index is 1.92. The number of benzene rings is 2. The summed E-state index contributed by atoms with van der Waals surface area (Å²) >= 11 is 0. The van der Waals surface area contributed by atoms with Gasteiger partial charge in [0.2, 0.25) is 0 Å². The number of aliphatic imine (C=N–C) groups is 1. The molecule has 2 aromatic carbocycles. The van der Waals surface area contributed by atoms with Gasteiger partial charge in [-0.1, -0.05) is 31.2 Å². The van der Waals surface area contributed by atoms with Gasteiger partial charge in [-0.2, -0.15) is 0 Å². The normalized spacial score (nSPS) is 20.2. The zero-order chi connectivity index (χ0) is 15.7. The minimum absolute atomic E-state index is 0.214. The van der Waals surface area contributed by atoms with Crippen molar-refractivity contribution in [2.45, 2.75) is 38.6 Å². The first-order chi connectivity index (χ1) is 10.5. The van der Waals surface area contributed by atoms with Crippen LogP contribution in [0.25, 0.3) is 0 Å². The van der Waals surface area contributed by atoms with Gasteiger partial charge in [0.1, 0.15) is 0 Å². The zero-order valence-corrected chi connectivity index (χ0v) is 13.9. The summed E-state index contributed by atoms with van der Waals surface area (Å²) in [5.74, 6) is 0.575. The SMILES string of the molecule is C[C@@H]1CC(C)(C)N(C)c2ccc(C=Nc3ccccc3)cc21. The summed E-state index contributed by atoms with van der Waals surface area (Å²) < 4.78 is 0. The maximum atomic E-state index is 4.56. The number of fused-ring (bicyclic) bond motifs is 1. The fourth-order valence-corrected chi connectivity index (χ4v) is 3.34. The molecule has 0 spiro atoms. The number of hydrogen-bond acceptors (Lipinski definition) is 2. The minimum Gasteiger partial charge on any atom is -0.369 e. The molecule has 0 fully saturated rings. The van der Waals surface area contributed by atoms with Gasteiger partial charge in [0.15, 0.2) is 0 Å². The standard InChI is InChI=1S/C20H24N2/c1-15-13-20(2,3)22(4)19-11-10-16(12-18(15)19)14-21-17-8-6-5-7-9-17/h5-12,14-15H,13H2,1-4H3/t15-/m1/s1. The van der Waals surface area contributed by atoms with Crippen LogP contribution in [0.5, 0.6) is 0 Å². The van der Waals surface area contributed by atoms with Crippen LogP contribution < -0.4 is 4.90 Å². The average Bonchev–Trinajstić information content (AvgIpc) is 2.51. The van der Waals surface area contributed by atoms with E-state index in [4.69, 9.17) is 0 Å². The van der Waals surface area contributed by atoms with Crippen LogP contribution >= 0.6 is 0 Å². The van der Waals surface area contributed by atoms with Gasteiger partial charge < -0.3 is 4.90 Å². The molecule has 1 aliphatic rings. The van der Waals surface area contributed by atoms with Crippen LogP contribution in [-0.2, 0) is 0 Å². The summed E-state index contributed by atoms with van der Waals surface area (Å²) in [4.78, 5) is 6.96. The van der Waals surface area contributed by atoms with Crippen LogP contribution in [0.2, 0.25) is 0 Å². The van der Waals surface area contributed by atoms with Crippen molar-refractivity contribution in [1.82, 2.24) is 0 Å². The largest absolute Gasteiger partial charge is 0.369 e. The second-order valence-electron chi connectivity index (χ2n) is 6.89. The van der Waals surface area contributed by atoms with E-state index in [1.807, 2.05) is 36.5 Å². The van der Waals surface area contributed by atoms with E-state index in [0.717, 1.165) is 5.69 Å². The molecule has 0 saturated heterocycles. The predicted molar refractivity (Wildman–Crippen MR) is 95.7 cm³/mol. The molecule has 1 atom stereocenters. The van der Waals surface area contributed by atoms with Crippen LogP contribution in [0.1, 0.15) is 44.2 Å². The second-order valence-corrected chi connectivity index (χ2v) is 6.89. The first-order valence-electron chi connectivity index (χ1n) is 7.94. The van der Waals surface area contributed by atoms with Crippen molar-refractivity contribution >= 4 is 17.6 Å². The molecule has 22 heavy (non-hydrogen) atoms. The van der Waals surface area contributed by atoms with Crippen molar-refractivity contribution in [3.05, 3.63) is 59.7 Å². The van der Waals surface area contributed by atoms with Crippen LogP contribution in [0.15, 0.2) is 53.5 Å². The molecule has 1 aliphatic heterocycles. The highest BCUT2D eigenvalue weighted by Crippen LogP contribution is 2.42. The van der Waals surface area contributed by atoms with Crippen LogP contribution in [0, 0.1) is 0 Å². The smallest absolute Gasteiger partial charge is 0.0629 e. The monoisotopic (exact) mass is 292 g/mol. The van der Waals surface area contributed by atoms with Crippen LogP contribution in [-0.4, -0.2) is 18.8 Å². The van der Waals surface area contributed by atoms with Crippen LogP contribution in [0.3, 0.4) is 0 Å². The lowest BCUT2D eigenvalue weighted by Gasteiger charge is -2.45. The summed E-state index contributed by atoms with van der Waals surface area (Å²) in [6.07, 6.45) is 3.14. The van der Waals surface area contributed by atoms with E-state index in [2.05, 4.69) is 55.9 Å². The van der Waals surface area contributed by atoms with Crippen LogP contribution in [0.4, 0.5) is 11.4 Å². The topological polar surface area (TPSA) is 15.6 Å². The Labute approximate surface area is 133 Å². The molecule has 114 valence electrons. The van der Waals surface area contributed by atoms with Crippen molar-refractivity contribution in [3.63, 3.8) is 0 Å². The fourth-order valence-electron chi connectivity index (χ4n) is 3.34. The number of anilines is 1. The highest BCUT2D eigenvalue weighted by Gasteiger charge is 2.33. The van der Waals surface area contributed by atoms with Gasteiger partial charge in [0, 0.05) is 24.5 Å². The predicted octanol–water partition coefficient (Wildman–Crippen LogP) is 5.16. The van der Waals surface area contributed by atoms with E-state index in [1.54, 1.807) is 0 Å². The fraction of sp³-hybridized carbons (Fsp3) is 0.350. The Hall–Kier alpha value is -2.09. The number of para-hydroxylation sites is 1. The third-order valence-corrected chi connectivity index (χ3v) is 4.78. The first kappa shape index (κ1) is 14.8. The number of rotatable bonds is 2. The number of nitrogens with zero attached hydrogens (tertiary/aromatic N) is 2. The molecular weight excluding hydrogens is 268 g/mol. The molecule has 3 rings (SSSR count). The van der Waals surface area contributed by atoms with Crippen molar-refractivity contribution < 1.29 is 0 Å². The molecule has 0 saturated carbocycles. The summed E-state index contributed by atoms with van der Waals surface area (Å²) in [6.45, 7) is 6.96. The molecule has 0 unspecified atom stereocenters. The highest BCUT2D eigenvalue weighted by atomic mass is 15.2. The van der Waals surface area contributed by atoms with Crippen molar-refractivity contribution in [2.75, 3.05) is 11.9 Å². The van der Waals surface area contributed by atoms with E-state index >= 15 is 0 Å². The Morgan fingerprint density at radius 1 is 1.14 bits per heavy atom. The van der Waals surface area contributed by atoms with E-state index in [9.17, 15) is 0 Å². The molecule has 2 nitrogen and oxygen atoms in total. The third kappa shape index (κ3) is 2.78. The Morgan fingerprint density at radius 2 is 1.86 bits per heavy atom. The molecule has 0 amide bonds. The molecule has 0 aromatic heterocycles. The molecule has 1 heterocycles. The van der Waals surface area contributed by atoms with Gasteiger partial charge in [0.25, 0.3) is 0 Å². The Kier molecular flexibility index (Phi) is 3.78. The van der Waals surface area contributed by atoms with Crippen molar-refractivity contribution in [1.29, 1.82) is 0 Å². The van der Waals surface area contributed by atoms with E-state index < -0.39 is 0 Å². The minimum atomic E-state index is 0.214. The first-order valence-corrected chi connectivity index (χ1v) is 7.94. The van der Waals surface area contributed by atoms with Crippen molar-refractivity contribution in [2.24, 2.45) is 4.99 Å². The molecule has 0 N–H and O–H groups in total. The second kappa shape index (κ2) is 5.60. The summed E-state index contributed by atoms with van der Waals surface area (Å²) in [5.41, 5.74) is 5.15. The van der Waals surface area contributed by atoms with E-state index in [0.29, 0.717) is 5.92 Å². The van der Waals surface area contributed by atoms with Crippen molar-refractivity contribution in [3.8, 4) is 0 Å². The van der Waals surface area contributed by atoms with Gasteiger partial charge in [-0.15, -0.1) is 0 Å². The van der Waals surface area contributed by atoms with Gasteiger partial charge in [-0.3, -0.25) is 4.99 Å². The lowest BCUT2D eigenvalue weighted by Crippen LogP contribution is -2.45. The molecule has 0 bridgehead atoms. The zero-order valence-electron chi connectivity index (χ0n) is 13.9. The lowest BCUT2D eigenvalue weighted by molar-refractivity contribution is 0.395. The molecular formula is C20H24N2. The quantitative estimate of drug-likeness (QED) is 0.698. The van der Waals surface area contributed by atoms with Gasteiger partial charge in [-0.25, -0.2) is 0 Å². The summed E-state index contributed by atoms with van der Waals surface area (Å²) in [6, 6.07) is 16.8. The highest BCUT2D eigenvalue weighted by molar-refractivity contribution is 5.83. The van der Waals surface area contributed by atoms with E-state index in [1.165, 1.54) is 23.2 Å². The molecule has 2 heteroatoms.